The van der Waals surface area contributed by atoms with Crippen molar-refractivity contribution in [3.8, 4) is 0 Å². The van der Waals surface area contributed by atoms with Crippen LogP contribution in [-0.4, -0.2) is 17.9 Å². The standard InChI is InChI=1S/C11H17N3O.C2H6/c1-6-7-8(15-14-10(7)12)9(13-5)11(2,3)4;1-2/h6H,1H2,2-5H3,(H2,12,14);1-2H3. The van der Waals surface area contributed by atoms with Gasteiger partial charge in [0.15, 0.2) is 11.6 Å². The third-order valence-electron chi connectivity index (χ3n) is 2.11. The van der Waals surface area contributed by atoms with E-state index in [1.807, 2.05) is 13.8 Å². The van der Waals surface area contributed by atoms with Crippen LogP contribution in [0.15, 0.2) is 16.1 Å². The molecule has 0 aromatic carbocycles. The third kappa shape index (κ3) is 3.44. The summed E-state index contributed by atoms with van der Waals surface area (Å²) in [6, 6.07) is 0. The highest BCUT2D eigenvalue weighted by atomic mass is 16.5. The molecule has 4 heteroatoms. The fourth-order valence-electron chi connectivity index (χ4n) is 1.46. The van der Waals surface area contributed by atoms with Crippen LogP contribution in [0.3, 0.4) is 0 Å². The zero-order chi connectivity index (χ0) is 13.6. The SMILES string of the molecule is C=Cc1c(N)noc1C(=NC)C(C)(C)C.CC. The summed E-state index contributed by atoms with van der Waals surface area (Å²) in [4.78, 5) is 4.23. The van der Waals surface area contributed by atoms with E-state index in [1.54, 1.807) is 13.1 Å². The Morgan fingerprint density at radius 2 is 1.94 bits per heavy atom. The summed E-state index contributed by atoms with van der Waals surface area (Å²) in [7, 11) is 1.73. The van der Waals surface area contributed by atoms with Crippen LogP contribution in [0, 0.1) is 5.41 Å². The summed E-state index contributed by atoms with van der Waals surface area (Å²) in [6.45, 7) is 13.9. The monoisotopic (exact) mass is 237 g/mol. The van der Waals surface area contributed by atoms with Crippen molar-refractivity contribution in [2.24, 2.45) is 10.4 Å². The van der Waals surface area contributed by atoms with Crippen LogP contribution in [-0.2, 0) is 0 Å². The molecular weight excluding hydrogens is 214 g/mol. The molecule has 0 fully saturated rings. The van der Waals surface area contributed by atoms with Gasteiger partial charge in [0.05, 0.1) is 11.3 Å². The second-order valence-electron chi connectivity index (χ2n) is 4.34. The van der Waals surface area contributed by atoms with Crippen LogP contribution < -0.4 is 5.73 Å². The van der Waals surface area contributed by atoms with Crippen molar-refractivity contribution in [2.45, 2.75) is 34.6 Å². The molecule has 0 radical (unpaired) electrons. The highest BCUT2D eigenvalue weighted by Gasteiger charge is 2.26. The van der Waals surface area contributed by atoms with Crippen molar-refractivity contribution in [3.63, 3.8) is 0 Å². The number of aliphatic imine (C=N–C) groups is 1. The maximum absolute atomic E-state index is 5.66. The van der Waals surface area contributed by atoms with E-state index in [9.17, 15) is 0 Å². The average molecular weight is 237 g/mol. The minimum absolute atomic E-state index is 0.113. The van der Waals surface area contributed by atoms with Crippen LogP contribution >= 0.6 is 0 Å². The largest absolute Gasteiger partial charge is 0.380 e. The molecule has 0 saturated heterocycles. The van der Waals surface area contributed by atoms with Gasteiger partial charge in [-0.15, -0.1) is 0 Å². The number of aromatic nitrogens is 1. The summed E-state index contributed by atoms with van der Waals surface area (Å²) < 4.78 is 5.19. The van der Waals surface area contributed by atoms with Gasteiger partial charge >= 0.3 is 0 Å². The number of anilines is 1. The number of hydrogen-bond donors (Lipinski definition) is 1. The summed E-state index contributed by atoms with van der Waals surface area (Å²) in [5.41, 5.74) is 7.09. The van der Waals surface area contributed by atoms with Crippen LogP contribution in [0.5, 0.6) is 0 Å². The van der Waals surface area contributed by atoms with Gasteiger partial charge in [-0.2, -0.15) is 0 Å². The molecule has 1 aromatic heterocycles. The van der Waals surface area contributed by atoms with Crippen molar-refractivity contribution in [1.82, 2.24) is 5.16 Å². The molecule has 4 nitrogen and oxygen atoms in total. The van der Waals surface area contributed by atoms with Gasteiger partial charge in [0, 0.05) is 12.5 Å². The lowest BCUT2D eigenvalue weighted by molar-refractivity contribution is 0.408. The summed E-state index contributed by atoms with van der Waals surface area (Å²) in [6.07, 6.45) is 1.64. The summed E-state index contributed by atoms with van der Waals surface area (Å²) in [5.74, 6) is 0.961. The van der Waals surface area contributed by atoms with E-state index in [1.165, 1.54) is 0 Å². The summed E-state index contributed by atoms with van der Waals surface area (Å²) in [5, 5.41) is 3.72. The number of hydrogen-bond acceptors (Lipinski definition) is 4. The average Bonchev–Trinajstić information content (AvgIpc) is 2.62. The Morgan fingerprint density at radius 3 is 2.29 bits per heavy atom. The lowest BCUT2D eigenvalue weighted by atomic mass is 9.87. The Labute approximate surface area is 104 Å². The first-order valence-corrected chi connectivity index (χ1v) is 5.77. The zero-order valence-electron chi connectivity index (χ0n) is 11.7. The summed E-state index contributed by atoms with van der Waals surface area (Å²) >= 11 is 0. The molecule has 0 aliphatic rings. The van der Waals surface area contributed by atoms with E-state index >= 15 is 0 Å². The number of nitrogens with two attached hydrogens (primary N) is 1. The molecular formula is C13H23N3O. The van der Waals surface area contributed by atoms with E-state index in [0.717, 1.165) is 5.71 Å². The van der Waals surface area contributed by atoms with Crippen LogP contribution in [0.4, 0.5) is 5.82 Å². The number of nitrogens with zero attached hydrogens (tertiary/aromatic N) is 2. The number of rotatable bonds is 2. The quantitative estimate of drug-likeness (QED) is 0.802. The predicted molar refractivity (Wildman–Crippen MR) is 74.3 cm³/mol. The molecule has 17 heavy (non-hydrogen) atoms. The van der Waals surface area contributed by atoms with E-state index in [2.05, 4.69) is 37.5 Å². The van der Waals surface area contributed by atoms with Gasteiger partial charge in [0.25, 0.3) is 0 Å². The van der Waals surface area contributed by atoms with E-state index in [-0.39, 0.29) is 5.41 Å². The molecule has 0 bridgehead atoms. The molecule has 0 amide bonds. The van der Waals surface area contributed by atoms with Gasteiger partial charge in [0.2, 0.25) is 0 Å². The molecule has 1 heterocycles. The molecule has 0 atom stereocenters. The van der Waals surface area contributed by atoms with Gasteiger partial charge in [-0.05, 0) is 0 Å². The minimum atomic E-state index is -0.113. The molecule has 0 aliphatic heterocycles. The van der Waals surface area contributed by atoms with Crippen LogP contribution in [0.25, 0.3) is 6.08 Å². The lowest BCUT2D eigenvalue weighted by Crippen LogP contribution is -2.21. The highest BCUT2D eigenvalue weighted by Crippen LogP contribution is 2.27. The molecule has 96 valence electrons. The van der Waals surface area contributed by atoms with Crippen LogP contribution in [0.2, 0.25) is 0 Å². The van der Waals surface area contributed by atoms with Crippen molar-refractivity contribution in [3.05, 3.63) is 17.9 Å². The van der Waals surface area contributed by atoms with Crippen molar-refractivity contribution < 1.29 is 4.52 Å². The molecule has 0 aliphatic carbocycles. The smallest absolute Gasteiger partial charge is 0.190 e. The fourth-order valence-corrected chi connectivity index (χ4v) is 1.46. The highest BCUT2D eigenvalue weighted by molar-refractivity contribution is 6.05. The Hall–Kier alpha value is -1.58. The Morgan fingerprint density at radius 1 is 1.41 bits per heavy atom. The Kier molecular flexibility index (Phi) is 5.65. The molecule has 0 saturated carbocycles. The topological polar surface area (TPSA) is 64.4 Å². The molecule has 0 spiro atoms. The normalized spacial score (nSPS) is 11.8. The second-order valence-corrected chi connectivity index (χ2v) is 4.34. The van der Waals surface area contributed by atoms with Gasteiger partial charge in [0.1, 0.15) is 0 Å². The van der Waals surface area contributed by atoms with E-state index in [0.29, 0.717) is 17.1 Å². The maximum atomic E-state index is 5.66. The first-order valence-electron chi connectivity index (χ1n) is 5.77. The van der Waals surface area contributed by atoms with Gasteiger partial charge in [-0.1, -0.05) is 52.4 Å². The van der Waals surface area contributed by atoms with Crippen molar-refractivity contribution in [1.29, 1.82) is 0 Å². The third-order valence-corrected chi connectivity index (χ3v) is 2.11. The molecule has 1 rings (SSSR count). The lowest BCUT2D eigenvalue weighted by Gasteiger charge is -2.19. The van der Waals surface area contributed by atoms with Gasteiger partial charge < -0.3 is 10.3 Å². The molecule has 1 aromatic rings. The zero-order valence-corrected chi connectivity index (χ0v) is 11.7. The van der Waals surface area contributed by atoms with Crippen LogP contribution in [0.1, 0.15) is 45.9 Å². The first-order chi connectivity index (χ1) is 7.91. The van der Waals surface area contributed by atoms with E-state index < -0.39 is 0 Å². The minimum Gasteiger partial charge on any atom is -0.380 e. The number of nitrogen functional groups attached to an aromatic ring is 1. The second kappa shape index (κ2) is 6.23. The van der Waals surface area contributed by atoms with Gasteiger partial charge in [-0.25, -0.2) is 0 Å². The van der Waals surface area contributed by atoms with E-state index in [4.69, 9.17) is 10.3 Å². The first kappa shape index (κ1) is 15.4. The Bertz CT molecular complexity index is 397. The van der Waals surface area contributed by atoms with Crippen molar-refractivity contribution in [2.75, 3.05) is 12.8 Å². The maximum Gasteiger partial charge on any atom is 0.190 e. The Balaban J connectivity index is 0.00000121. The fraction of sp³-hybridized carbons (Fsp3) is 0.538. The van der Waals surface area contributed by atoms with Crippen molar-refractivity contribution >= 4 is 17.6 Å². The molecule has 0 unspecified atom stereocenters. The molecule has 2 N–H and O–H groups in total. The van der Waals surface area contributed by atoms with Gasteiger partial charge in [-0.3, -0.25) is 4.99 Å². The predicted octanol–water partition coefficient (Wildman–Crippen LogP) is 3.39.